The first-order valence-electron chi connectivity index (χ1n) is 9.44. The number of carbonyl (C=O) groups is 1. The van der Waals surface area contributed by atoms with Crippen LogP contribution in [0.2, 0.25) is 5.02 Å². The molecule has 0 radical (unpaired) electrons. The average molecular weight is 451 g/mol. The Labute approximate surface area is 188 Å². The number of nitrogens with two attached hydrogens (primary N) is 1. The number of fused-ring (bicyclic) bond motifs is 1. The third-order valence-corrected chi connectivity index (χ3v) is 5.30. The topological polar surface area (TPSA) is 94.6 Å². The molecular formula is C24H16ClFN2O4. The van der Waals surface area contributed by atoms with E-state index < -0.39 is 17.7 Å². The summed E-state index contributed by atoms with van der Waals surface area (Å²) in [6.45, 7) is 0. The molecule has 0 aromatic heterocycles. The van der Waals surface area contributed by atoms with Gasteiger partial charge in [0.05, 0.1) is 23.6 Å². The molecule has 0 aliphatic carbocycles. The fourth-order valence-corrected chi connectivity index (χ4v) is 3.75. The molecule has 3 aromatic rings. The predicted octanol–water partition coefficient (Wildman–Crippen LogP) is 4.93. The molecule has 0 spiro atoms. The van der Waals surface area contributed by atoms with E-state index in [1.165, 1.54) is 37.4 Å². The first-order valence-corrected chi connectivity index (χ1v) is 9.82. The molecule has 2 N–H and O–H groups in total. The van der Waals surface area contributed by atoms with Crippen molar-refractivity contribution >= 4 is 17.6 Å². The summed E-state index contributed by atoms with van der Waals surface area (Å²) in [4.78, 5) is 12.5. The molecule has 1 heterocycles. The second-order valence-electron chi connectivity index (χ2n) is 6.88. The van der Waals surface area contributed by atoms with Crippen molar-refractivity contribution in [2.24, 2.45) is 5.73 Å². The van der Waals surface area contributed by atoms with Crippen molar-refractivity contribution in [3.8, 4) is 23.3 Å². The minimum atomic E-state index is -0.755. The number of halogens is 2. The summed E-state index contributed by atoms with van der Waals surface area (Å²) < 4.78 is 30.6. The molecule has 3 aromatic carbocycles. The van der Waals surface area contributed by atoms with Crippen LogP contribution in [0.5, 0.6) is 17.2 Å². The molecule has 0 saturated heterocycles. The lowest BCUT2D eigenvalue weighted by Gasteiger charge is -2.27. The number of rotatable bonds is 4. The highest BCUT2D eigenvalue weighted by Gasteiger charge is 2.32. The Morgan fingerprint density at radius 2 is 1.94 bits per heavy atom. The van der Waals surface area contributed by atoms with Crippen molar-refractivity contribution in [3.05, 3.63) is 99.7 Å². The van der Waals surface area contributed by atoms with Gasteiger partial charge in [0.25, 0.3) is 0 Å². The van der Waals surface area contributed by atoms with E-state index >= 15 is 0 Å². The van der Waals surface area contributed by atoms with E-state index in [1.807, 2.05) is 6.07 Å². The fraction of sp³-hybridized carbons (Fsp3) is 0.0833. The van der Waals surface area contributed by atoms with Crippen molar-refractivity contribution in [2.75, 3.05) is 7.11 Å². The molecule has 8 heteroatoms. The fourth-order valence-electron chi connectivity index (χ4n) is 3.49. The lowest BCUT2D eigenvalue weighted by atomic mass is 9.83. The SMILES string of the molecule is COc1ccc(C(=O)Oc2ccc3c(c2)OC(N)=C(C#N)C3c2ccccc2F)cc1Cl. The Bertz CT molecular complexity index is 1300. The second-order valence-corrected chi connectivity index (χ2v) is 7.29. The van der Waals surface area contributed by atoms with E-state index in [9.17, 15) is 14.4 Å². The number of nitriles is 1. The Kier molecular flexibility index (Phi) is 5.71. The van der Waals surface area contributed by atoms with Crippen LogP contribution in [0, 0.1) is 17.1 Å². The van der Waals surface area contributed by atoms with Crippen molar-refractivity contribution in [2.45, 2.75) is 5.92 Å². The highest BCUT2D eigenvalue weighted by Crippen LogP contribution is 2.44. The maximum absolute atomic E-state index is 14.5. The van der Waals surface area contributed by atoms with Gasteiger partial charge in [-0.05, 0) is 30.3 Å². The van der Waals surface area contributed by atoms with E-state index in [0.29, 0.717) is 11.3 Å². The lowest BCUT2D eigenvalue weighted by molar-refractivity contribution is 0.0734. The molecule has 1 aliphatic rings. The van der Waals surface area contributed by atoms with Crippen LogP contribution < -0.4 is 19.9 Å². The van der Waals surface area contributed by atoms with Gasteiger partial charge in [0, 0.05) is 17.2 Å². The van der Waals surface area contributed by atoms with Crippen molar-refractivity contribution < 1.29 is 23.4 Å². The van der Waals surface area contributed by atoms with Gasteiger partial charge < -0.3 is 19.9 Å². The normalized spacial score (nSPS) is 14.8. The first-order chi connectivity index (χ1) is 15.4. The van der Waals surface area contributed by atoms with Gasteiger partial charge in [-0.2, -0.15) is 5.26 Å². The monoisotopic (exact) mass is 450 g/mol. The first kappa shape index (κ1) is 21.2. The molecule has 0 saturated carbocycles. The number of carbonyl (C=O) groups excluding carboxylic acids is 1. The van der Waals surface area contributed by atoms with Crippen LogP contribution in [-0.4, -0.2) is 13.1 Å². The van der Waals surface area contributed by atoms with Gasteiger partial charge in [0.1, 0.15) is 34.7 Å². The third-order valence-electron chi connectivity index (χ3n) is 5.00. The van der Waals surface area contributed by atoms with Crippen LogP contribution in [0.15, 0.2) is 72.1 Å². The highest BCUT2D eigenvalue weighted by molar-refractivity contribution is 6.32. The summed E-state index contributed by atoms with van der Waals surface area (Å²) in [6.07, 6.45) is 0. The molecule has 0 fully saturated rings. The molecule has 4 rings (SSSR count). The van der Waals surface area contributed by atoms with Crippen molar-refractivity contribution in [3.63, 3.8) is 0 Å². The smallest absolute Gasteiger partial charge is 0.343 e. The van der Waals surface area contributed by atoms with Gasteiger partial charge in [-0.25, -0.2) is 9.18 Å². The Balaban J connectivity index is 1.68. The number of allylic oxidation sites excluding steroid dienone is 1. The number of benzene rings is 3. The molecule has 1 atom stereocenters. The zero-order valence-corrected chi connectivity index (χ0v) is 17.5. The summed E-state index contributed by atoms with van der Waals surface area (Å²) >= 11 is 6.07. The van der Waals surface area contributed by atoms with Crippen LogP contribution in [0.1, 0.15) is 27.4 Å². The van der Waals surface area contributed by atoms with E-state index in [1.54, 1.807) is 30.3 Å². The second kappa shape index (κ2) is 8.61. The van der Waals surface area contributed by atoms with E-state index in [0.717, 1.165) is 0 Å². The number of ether oxygens (including phenoxy) is 3. The largest absolute Gasteiger partial charge is 0.495 e. The summed E-state index contributed by atoms with van der Waals surface area (Å²) in [5.41, 5.74) is 7.08. The van der Waals surface area contributed by atoms with E-state index in [4.69, 9.17) is 31.5 Å². The molecule has 1 unspecified atom stereocenters. The van der Waals surface area contributed by atoms with Crippen LogP contribution in [0.3, 0.4) is 0 Å². The number of methoxy groups -OCH3 is 1. The zero-order valence-electron chi connectivity index (χ0n) is 16.8. The number of hydrogen-bond donors (Lipinski definition) is 1. The summed E-state index contributed by atoms with van der Waals surface area (Å²) in [5.74, 6) is -1.14. The number of esters is 1. The Morgan fingerprint density at radius 3 is 2.62 bits per heavy atom. The molecule has 0 amide bonds. The van der Waals surface area contributed by atoms with Crippen molar-refractivity contribution in [1.82, 2.24) is 0 Å². The van der Waals surface area contributed by atoms with Gasteiger partial charge in [0.15, 0.2) is 0 Å². The molecular weight excluding hydrogens is 435 g/mol. The average Bonchev–Trinajstić information content (AvgIpc) is 2.78. The lowest BCUT2D eigenvalue weighted by Crippen LogP contribution is -2.21. The van der Waals surface area contributed by atoms with Gasteiger partial charge in [-0.1, -0.05) is 35.9 Å². The maximum Gasteiger partial charge on any atom is 0.343 e. The van der Waals surface area contributed by atoms with Crippen LogP contribution in [-0.2, 0) is 0 Å². The molecule has 6 nitrogen and oxygen atoms in total. The summed E-state index contributed by atoms with van der Waals surface area (Å²) in [6, 6.07) is 17.3. The number of hydrogen-bond acceptors (Lipinski definition) is 6. The molecule has 1 aliphatic heterocycles. The van der Waals surface area contributed by atoms with Gasteiger partial charge in [-0.3, -0.25) is 0 Å². The van der Waals surface area contributed by atoms with Crippen LogP contribution in [0.25, 0.3) is 0 Å². The minimum Gasteiger partial charge on any atom is -0.495 e. The van der Waals surface area contributed by atoms with E-state index in [-0.39, 0.29) is 39.1 Å². The predicted molar refractivity (Wildman–Crippen MR) is 115 cm³/mol. The highest BCUT2D eigenvalue weighted by atomic mass is 35.5. The van der Waals surface area contributed by atoms with Gasteiger partial charge in [0.2, 0.25) is 5.88 Å². The maximum atomic E-state index is 14.5. The summed E-state index contributed by atoms with van der Waals surface area (Å²) in [5, 5.41) is 9.86. The van der Waals surface area contributed by atoms with Gasteiger partial charge >= 0.3 is 5.97 Å². The quantitative estimate of drug-likeness (QED) is 0.447. The van der Waals surface area contributed by atoms with Crippen LogP contribution in [0.4, 0.5) is 4.39 Å². The van der Waals surface area contributed by atoms with Gasteiger partial charge in [-0.15, -0.1) is 0 Å². The Hall–Kier alpha value is -4.02. The van der Waals surface area contributed by atoms with E-state index in [2.05, 4.69) is 0 Å². The molecule has 32 heavy (non-hydrogen) atoms. The minimum absolute atomic E-state index is 0.0974. The molecule has 0 bridgehead atoms. The standard InChI is InChI=1S/C24H16ClFN2O4/c1-30-20-9-6-13(10-18(20)25)24(29)31-14-7-8-16-21(11-14)32-23(28)17(12-27)22(16)15-4-2-3-5-19(15)26/h2-11,22H,28H2,1H3. The Morgan fingerprint density at radius 1 is 1.16 bits per heavy atom. The summed E-state index contributed by atoms with van der Waals surface area (Å²) in [7, 11) is 1.47. The number of nitrogens with zero attached hydrogens (tertiary/aromatic N) is 1. The van der Waals surface area contributed by atoms with Crippen molar-refractivity contribution in [1.29, 1.82) is 5.26 Å². The zero-order chi connectivity index (χ0) is 22.8. The molecule has 160 valence electrons. The van der Waals surface area contributed by atoms with Crippen LogP contribution >= 0.6 is 11.6 Å². The third kappa shape index (κ3) is 3.84.